The zero-order chi connectivity index (χ0) is 13.4. The Hall–Kier alpha value is -0.530. The van der Waals surface area contributed by atoms with E-state index in [9.17, 15) is 4.79 Å². The van der Waals surface area contributed by atoms with E-state index in [1.165, 1.54) is 64.2 Å². The summed E-state index contributed by atoms with van der Waals surface area (Å²) in [5.41, 5.74) is -0.0418. The molecule has 1 aliphatic rings. The molecule has 2 nitrogen and oxygen atoms in total. The van der Waals surface area contributed by atoms with E-state index in [1.807, 2.05) is 0 Å². The molecule has 0 saturated heterocycles. The molecule has 0 atom stereocenters. The molecule has 1 amide bonds. The Morgan fingerprint density at radius 2 is 1.28 bits per heavy atom. The second-order valence-electron chi connectivity index (χ2n) is 6.51. The molecule has 0 unspecified atom stereocenters. The summed E-state index contributed by atoms with van der Waals surface area (Å²) in [4.78, 5) is 11.3. The van der Waals surface area contributed by atoms with Crippen molar-refractivity contribution in [2.45, 2.75) is 90.5 Å². The summed E-state index contributed by atoms with van der Waals surface area (Å²) in [5, 5.41) is 3.15. The monoisotopic (exact) mass is 253 g/mol. The van der Waals surface area contributed by atoms with E-state index in [4.69, 9.17) is 0 Å². The number of hydrogen-bond donors (Lipinski definition) is 1. The minimum atomic E-state index is -0.0418. The Morgan fingerprint density at radius 3 is 1.67 bits per heavy atom. The molecule has 0 aromatic rings. The number of carbonyl (C=O) groups is 1. The van der Waals surface area contributed by atoms with E-state index in [-0.39, 0.29) is 11.4 Å². The van der Waals surface area contributed by atoms with Gasteiger partial charge in [0.25, 0.3) is 0 Å². The van der Waals surface area contributed by atoms with Crippen LogP contribution in [-0.2, 0) is 4.79 Å². The molecular weight excluding hydrogens is 222 g/mol. The van der Waals surface area contributed by atoms with Crippen LogP contribution >= 0.6 is 0 Å². The molecule has 2 heteroatoms. The van der Waals surface area contributed by atoms with Crippen LogP contribution in [0.5, 0.6) is 0 Å². The van der Waals surface area contributed by atoms with Crippen molar-refractivity contribution >= 4 is 5.91 Å². The van der Waals surface area contributed by atoms with E-state index in [2.05, 4.69) is 19.2 Å². The molecule has 0 spiro atoms. The molecule has 1 saturated carbocycles. The predicted molar refractivity (Wildman–Crippen MR) is 77.6 cm³/mol. The van der Waals surface area contributed by atoms with Gasteiger partial charge in [-0.15, -0.1) is 0 Å². The number of nitrogens with one attached hydrogen (secondary N) is 1. The maximum atomic E-state index is 11.3. The highest BCUT2D eigenvalue weighted by molar-refractivity contribution is 5.73. The second-order valence-corrected chi connectivity index (χ2v) is 6.51. The van der Waals surface area contributed by atoms with E-state index in [1.54, 1.807) is 6.92 Å². The first-order valence-electron chi connectivity index (χ1n) is 7.81. The maximum absolute atomic E-state index is 11.3. The third-order valence-corrected chi connectivity index (χ3v) is 4.37. The molecule has 106 valence electrons. The van der Waals surface area contributed by atoms with Gasteiger partial charge in [0.05, 0.1) is 0 Å². The first-order valence-corrected chi connectivity index (χ1v) is 7.81. The molecule has 0 heterocycles. The van der Waals surface area contributed by atoms with Crippen LogP contribution in [0.15, 0.2) is 0 Å². The van der Waals surface area contributed by atoms with E-state index in [0.29, 0.717) is 5.92 Å². The quantitative estimate of drug-likeness (QED) is 0.775. The minimum Gasteiger partial charge on any atom is -0.351 e. The van der Waals surface area contributed by atoms with E-state index < -0.39 is 0 Å². The molecule has 18 heavy (non-hydrogen) atoms. The van der Waals surface area contributed by atoms with Crippen molar-refractivity contribution < 1.29 is 4.79 Å². The topological polar surface area (TPSA) is 29.1 Å². The fraction of sp³-hybridized carbons (Fsp3) is 0.938. The summed E-state index contributed by atoms with van der Waals surface area (Å²) >= 11 is 0. The van der Waals surface area contributed by atoms with Gasteiger partial charge in [-0.1, -0.05) is 51.4 Å². The summed E-state index contributed by atoms with van der Waals surface area (Å²) < 4.78 is 0. The summed E-state index contributed by atoms with van der Waals surface area (Å²) in [5.74, 6) is 0.744. The fourth-order valence-electron chi connectivity index (χ4n) is 3.26. The van der Waals surface area contributed by atoms with E-state index in [0.717, 1.165) is 0 Å². The van der Waals surface area contributed by atoms with Gasteiger partial charge in [-0.2, -0.15) is 0 Å². The molecular formula is C16H31NO. The van der Waals surface area contributed by atoms with Crippen LogP contribution in [0.4, 0.5) is 0 Å². The molecule has 1 N–H and O–H groups in total. The predicted octanol–water partition coefficient (Wildman–Crippen LogP) is 4.43. The minimum absolute atomic E-state index is 0.0418. The first-order chi connectivity index (χ1) is 8.52. The lowest BCUT2D eigenvalue weighted by Crippen LogP contribution is -2.48. The average Bonchev–Trinajstić information content (AvgIpc) is 2.31. The van der Waals surface area contributed by atoms with Gasteiger partial charge < -0.3 is 5.32 Å². The molecule has 1 aliphatic carbocycles. The van der Waals surface area contributed by atoms with Crippen molar-refractivity contribution in [1.82, 2.24) is 5.32 Å². The van der Waals surface area contributed by atoms with Gasteiger partial charge in [-0.05, 0) is 32.6 Å². The van der Waals surface area contributed by atoms with Crippen LogP contribution < -0.4 is 5.32 Å². The molecule has 0 bridgehead atoms. The van der Waals surface area contributed by atoms with Crippen LogP contribution in [0.3, 0.4) is 0 Å². The summed E-state index contributed by atoms with van der Waals surface area (Å²) in [6.07, 6.45) is 13.6. The first kappa shape index (κ1) is 15.5. The Morgan fingerprint density at radius 1 is 0.889 bits per heavy atom. The summed E-state index contributed by atoms with van der Waals surface area (Å²) in [6.45, 7) is 6.02. The van der Waals surface area contributed by atoms with Crippen molar-refractivity contribution in [3.8, 4) is 0 Å². The van der Waals surface area contributed by atoms with Crippen molar-refractivity contribution in [3.63, 3.8) is 0 Å². The van der Waals surface area contributed by atoms with Gasteiger partial charge in [-0.25, -0.2) is 0 Å². The normalized spacial score (nSPS) is 21.1. The highest BCUT2D eigenvalue weighted by Crippen LogP contribution is 2.29. The maximum Gasteiger partial charge on any atom is 0.217 e. The summed E-state index contributed by atoms with van der Waals surface area (Å²) in [6, 6.07) is 0. The van der Waals surface area contributed by atoms with Crippen LogP contribution in [0.1, 0.15) is 85.0 Å². The van der Waals surface area contributed by atoms with Gasteiger partial charge in [-0.3, -0.25) is 4.79 Å². The van der Waals surface area contributed by atoms with E-state index >= 15 is 0 Å². The molecule has 0 aromatic heterocycles. The van der Waals surface area contributed by atoms with Crippen LogP contribution in [0.2, 0.25) is 0 Å². The Bertz CT molecular complexity index is 235. The largest absolute Gasteiger partial charge is 0.351 e. The van der Waals surface area contributed by atoms with Gasteiger partial charge in [0.1, 0.15) is 0 Å². The van der Waals surface area contributed by atoms with Crippen molar-refractivity contribution in [2.24, 2.45) is 5.92 Å². The Labute approximate surface area is 113 Å². The average molecular weight is 253 g/mol. The zero-order valence-corrected chi connectivity index (χ0v) is 12.6. The van der Waals surface area contributed by atoms with Gasteiger partial charge in [0, 0.05) is 12.5 Å². The van der Waals surface area contributed by atoms with Crippen LogP contribution in [-0.4, -0.2) is 11.4 Å². The Balaban J connectivity index is 2.54. The smallest absolute Gasteiger partial charge is 0.217 e. The molecule has 1 fully saturated rings. The van der Waals surface area contributed by atoms with Crippen molar-refractivity contribution in [2.75, 3.05) is 0 Å². The number of amides is 1. The van der Waals surface area contributed by atoms with Crippen molar-refractivity contribution in [3.05, 3.63) is 0 Å². The van der Waals surface area contributed by atoms with Crippen LogP contribution in [0.25, 0.3) is 0 Å². The third kappa shape index (κ3) is 5.88. The lowest BCUT2D eigenvalue weighted by Gasteiger charge is -2.35. The van der Waals surface area contributed by atoms with Gasteiger partial charge >= 0.3 is 0 Å². The fourth-order valence-corrected chi connectivity index (χ4v) is 3.26. The SMILES string of the molecule is CC(=O)NC(C)(C)C1CCCCCCCCCC1. The Kier molecular flexibility index (Phi) is 6.73. The lowest BCUT2D eigenvalue weighted by molar-refractivity contribution is -0.121. The third-order valence-electron chi connectivity index (χ3n) is 4.37. The number of hydrogen-bond acceptors (Lipinski definition) is 1. The molecule has 0 radical (unpaired) electrons. The lowest BCUT2D eigenvalue weighted by atomic mass is 9.80. The van der Waals surface area contributed by atoms with Crippen molar-refractivity contribution in [1.29, 1.82) is 0 Å². The number of carbonyl (C=O) groups excluding carboxylic acids is 1. The molecule has 0 aromatic carbocycles. The standard InChI is InChI=1S/C16H31NO/c1-14(18)17-16(2,3)15-12-10-8-6-4-5-7-9-11-13-15/h15H,4-13H2,1-3H3,(H,17,18). The highest BCUT2D eigenvalue weighted by Gasteiger charge is 2.29. The second kappa shape index (κ2) is 7.81. The highest BCUT2D eigenvalue weighted by atomic mass is 16.1. The van der Waals surface area contributed by atoms with Crippen LogP contribution in [0, 0.1) is 5.92 Å². The van der Waals surface area contributed by atoms with Gasteiger partial charge in [0.15, 0.2) is 0 Å². The number of rotatable bonds is 2. The van der Waals surface area contributed by atoms with Gasteiger partial charge in [0.2, 0.25) is 5.91 Å². The molecule has 1 rings (SSSR count). The summed E-state index contributed by atoms with van der Waals surface area (Å²) in [7, 11) is 0. The zero-order valence-electron chi connectivity index (χ0n) is 12.6. The molecule has 0 aliphatic heterocycles.